The van der Waals surface area contributed by atoms with Crippen LogP contribution in [0.25, 0.3) is 10.2 Å². The van der Waals surface area contributed by atoms with Gasteiger partial charge in [0.25, 0.3) is 5.91 Å². The summed E-state index contributed by atoms with van der Waals surface area (Å²) >= 11 is 1.47. The molecule has 3 aromatic heterocycles. The van der Waals surface area contributed by atoms with Crippen molar-refractivity contribution in [1.82, 2.24) is 19.8 Å². The molecule has 27 heavy (non-hydrogen) atoms. The highest BCUT2D eigenvalue weighted by Crippen LogP contribution is 2.29. The van der Waals surface area contributed by atoms with E-state index in [4.69, 9.17) is 4.52 Å². The molecule has 142 valence electrons. The predicted molar refractivity (Wildman–Crippen MR) is 102 cm³/mol. The van der Waals surface area contributed by atoms with Crippen LogP contribution in [0.1, 0.15) is 34.0 Å². The number of nitrogens with zero attached hydrogens (tertiary/aromatic N) is 4. The Bertz CT molecular complexity index is 975. The summed E-state index contributed by atoms with van der Waals surface area (Å²) in [5.74, 6) is 0.921. The highest BCUT2D eigenvalue weighted by molar-refractivity contribution is 7.20. The molecule has 9 heteroatoms. The fourth-order valence-corrected chi connectivity index (χ4v) is 4.56. The summed E-state index contributed by atoms with van der Waals surface area (Å²) < 4.78 is 6.78. The van der Waals surface area contributed by atoms with Gasteiger partial charge in [0.05, 0.1) is 10.6 Å². The average molecular weight is 387 g/mol. The van der Waals surface area contributed by atoms with E-state index >= 15 is 0 Å². The average Bonchev–Trinajstić information content (AvgIpc) is 3.33. The predicted octanol–water partition coefficient (Wildman–Crippen LogP) is 2.73. The number of aryl methyl sites for hydroxylation is 3. The van der Waals surface area contributed by atoms with E-state index in [0.29, 0.717) is 37.5 Å². The first-order valence-electron chi connectivity index (χ1n) is 8.89. The molecule has 1 fully saturated rings. The van der Waals surface area contributed by atoms with Gasteiger partial charge >= 0.3 is 0 Å². The molecule has 4 heterocycles. The molecule has 0 aromatic carbocycles. The van der Waals surface area contributed by atoms with Crippen molar-refractivity contribution in [1.29, 1.82) is 0 Å². The zero-order chi connectivity index (χ0) is 19.1. The Morgan fingerprint density at radius 3 is 2.63 bits per heavy atom. The topological polar surface area (TPSA) is 93.3 Å². The van der Waals surface area contributed by atoms with Crippen molar-refractivity contribution in [2.75, 3.05) is 18.4 Å². The number of amides is 2. The first-order chi connectivity index (χ1) is 12.9. The molecule has 1 N–H and O–H groups in total. The van der Waals surface area contributed by atoms with Crippen LogP contribution < -0.4 is 5.32 Å². The molecule has 8 nitrogen and oxygen atoms in total. The third-order valence-electron chi connectivity index (χ3n) is 4.94. The monoisotopic (exact) mass is 387 g/mol. The standard InChI is InChI=1S/C18H21N5O3S/c1-10-8-15(21-26-10)19-16(24)12-4-6-23(7-5-12)17(25)14-9-13-11(2)20-22(3)18(13)27-14/h8-9,12H,4-7H2,1-3H3,(H,19,21,24). The minimum absolute atomic E-state index is 0.0292. The van der Waals surface area contributed by atoms with E-state index in [2.05, 4.69) is 15.6 Å². The number of carbonyl (C=O) groups is 2. The summed E-state index contributed by atoms with van der Waals surface area (Å²) in [6, 6.07) is 3.62. The van der Waals surface area contributed by atoms with Crippen LogP contribution in [-0.4, -0.2) is 44.7 Å². The lowest BCUT2D eigenvalue weighted by Gasteiger charge is -2.30. The summed E-state index contributed by atoms with van der Waals surface area (Å²) in [5.41, 5.74) is 0.932. The second-order valence-corrected chi connectivity index (χ2v) is 7.95. The zero-order valence-electron chi connectivity index (χ0n) is 15.5. The number of likely N-dealkylation sites (tertiary alicyclic amines) is 1. The van der Waals surface area contributed by atoms with E-state index in [9.17, 15) is 9.59 Å². The fourth-order valence-electron chi connectivity index (χ4n) is 3.46. The Labute approximate surface area is 160 Å². The van der Waals surface area contributed by atoms with Gasteiger partial charge < -0.3 is 14.7 Å². The first kappa shape index (κ1) is 17.7. The molecule has 4 rings (SSSR count). The number of aromatic nitrogens is 3. The van der Waals surface area contributed by atoms with Crippen molar-refractivity contribution in [3.8, 4) is 0 Å². The molecule has 2 amide bonds. The Kier molecular flexibility index (Phi) is 4.47. The molecule has 0 unspecified atom stereocenters. The molecule has 0 radical (unpaired) electrons. The van der Waals surface area contributed by atoms with Gasteiger partial charge in [0.1, 0.15) is 10.6 Å². The normalized spacial score (nSPS) is 15.4. The van der Waals surface area contributed by atoms with E-state index in [1.54, 1.807) is 13.0 Å². The minimum atomic E-state index is -0.125. The van der Waals surface area contributed by atoms with E-state index in [0.717, 1.165) is 20.8 Å². The maximum Gasteiger partial charge on any atom is 0.264 e. The lowest BCUT2D eigenvalue weighted by Crippen LogP contribution is -2.41. The Morgan fingerprint density at radius 2 is 2.00 bits per heavy atom. The fraction of sp³-hybridized carbons (Fsp3) is 0.444. The van der Waals surface area contributed by atoms with Crippen LogP contribution >= 0.6 is 11.3 Å². The second-order valence-electron chi connectivity index (χ2n) is 6.92. The van der Waals surface area contributed by atoms with Gasteiger partial charge in [-0.3, -0.25) is 14.3 Å². The first-order valence-corrected chi connectivity index (χ1v) is 9.70. The number of carbonyl (C=O) groups excluding carboxylic acids is 2. The van der Waals surface area contributed by atoms with Gasteiger partial charge in [-0.2, -0.15) is 5.10 Å². The van der Waals surface area contributed by atoms with Crippen LogP contribution in [0.5, 0.6) is 0 Å². The molecule has 0 saturated carbocycles. The largest absolute Gasteiger partial charge is 0.360 e. The summed E-state index contributed by atoms with van der Waals surface area (Å²) in [4.78, 5) is 28.8. The van der Waals surface area contributed by atoms with Crippen molar-refractivity contribution in [2.45, 2.75) is 26.7 Å². The van der Waals surface area contributed by atoms with Crippen molar-refractivity contribution < 1.29 is 14.1 Å². The quantitative estimate of drug-likeness (QED) is 0.746. The molecular formula is C18H21N5O3S. The zero-order valence-corrected chi connectivity index (χ0v) is 16.3. The van der Waals surface area contributed by atoms with Crippen LogP contribution in [0.3, 0.4) is 0 Å². The number of piperidine rings is 1. The molecule has 1 aliphatic rings. The Morgan fingerprint density at radius 1 is 1.26 bits per heavy atom. The van der Waals surface area contributed by atoms with Gasteiger partial charge in [0.2, 0.25) is 5.91 Å². The summed E-state index contributed by atoms with van der Waals surface area (Å²) in [6.45, 7) is 4.86. The third kappa shape index (κ3) is 3.34. The van der Waals surface area contributed by atoms with Crippen LogP contribution in [0.4, 0.5) is 5.82 Å². The van der Waals surface area contributed by atoms with E-state index in [-0.39, 0.29) is 17.7 Å². The van der Waals surface area contributed by atoms with Gasteiger partial charge in [0, 0.05) is 37.5 Å². The minimum Gasteiger partial charge on any atom is -0.360 e. The van der Waals surface area contributed by atoms with Crippen molar-refractivity contribution in [2.24, 2.45) is 13.0 Å². The molecule has 3 aromatic rings. The summed E-state index contributed by atoms with van der Waals surface area (Å²) in [6.07, 6.45) is 1.28. The molecule has 0 atom stereocenters. The molecule has 1 aliphatic heterocycles. The van der Waals surface area contributed by atoms with Crippen molar-refractivity contribution >= 4 is 39.2 Å². The second kappa shape index (κ2) is 6.80. The van der Waals surface area contributed by atoms with Crippen LogP contribution in [0.2, 0.25) is 0 Å². The number of hydrogen-bond donors (Lipinski definition) is 1. The van der Waals surface area contributed by atoms with Gasteiger partial charge in [-0.15, -0.1) is 11.3 Å². The van der Waals surface area contributed by atoms with Gasteiger partial charge in [-0.05, 0) is 32.8 Å². The Hall–Kier alpha value is -2.68. The molecule has 1 saturated heterocycles. The van der Waals surface area contributed by atoms with E-state index in [1.165, 1.54) is 11.3 Å². The van der Waals surface area contributed by atoms with Crippen molar-refractivity contribution in [3.05, 3.63) is 28.5 Å². The third-order valence-corrected chi connectivity index (χ3v) is 6.13. The smallest absolute Gasteiger partial charge is 0.264 e. The number of anilines is 1. The number of rotatable bonds is 3. The lowest BCUT2D eigenvalue weighted by molar-refractivity contribution is -0.121. The number of thiophene rings is 1. The highest BCUT2D eigenvalue weighted by atomic mass is 32.1. The maximum atomic E-state index is 12.8. The molecule has 0 bridgehead atoms. The Balaban J connectivity index is 1.38. The summed E-state index contributed by atoms with van der Waals surface area (Å²) in [7, 11) is 1.89. The van der Waals surface area contributed by atoms with Gasteiger partial charge in [-0.1, -0.05) is 5.16 Å². The van der Waals surface area contributed by atoms with E-state index in [1.807, 2.05) is 29.6 Å². The highest BCUT2D eigenvalue weighted by Gasteiger charge is 2.29. The van der Waals surface area contributed by atoms with E-state index < -0.39 is 0 Å². The maximum absolute atomic E-state index is 12.8. The lowest BCUT2D eigenvalue weighted by atomic mass is 9.96. The number of fused-ring (bicyclic) bond motifs is 1. The SMILES string of the molecule is Cc1cc(NC(=O)C2CCN(C(=O)c3cc4c(C)nn(C)c4s3)CC2)no1. The van der Waals surface area contributed by atoms with Crippen LogP contribution in [0, 0.1) is 19.8 Å². The molecule has 0 spiro atoms. The number of hydrogen-bond acceptors (Lipinski definition) is 6. The number of nitrogens with one attached hydrogen (secondary N) is 1. The van der Waals surface area contributed by atoms with Gasteiger partial charge in [0.15, 0.2) is 5.82 Å². The summed E-state index contributed by atoms with van der Waals surface area (Å²) in [5, 5.41) is 12.0. The molecular weight excluding hydrogens is 366 g/mol. The van der Waals surface area contributed by atoms with Gasteiger partial charge in [-0.25, -0.2) is 0 Å². The van der Waals surface area contributed by atoms with Crippen LogP contribution in [-0.2, 0) is 11.8 Å². The molecule has 0 aliphatic carbocycles. The van der Waals surface area contributed by atoms with Crippen LogP contribution in [0.15, 0.2) is 16.7 Å². The van der Waals surface area contributed by atoms with Crippen molar-refractivity contribution in [3.63, 3.8) is 0 Å².